The van der Waals surface area contributed by atoms with Gasteiger partial charge < -0.3 is 10.6 Å². The Morgan fingerprint density at radius 3 is 2.67 bits per heavy atom. The zero-order chi connectivity index (χ0) is 15.4. The zero-order valence-electron chi connectivity index (χ0n) is 11.1. The number of carbonyl (C=O) groups is 1. The molecule has 0 unspecified atom stereocenters. The molecule has 0 bridgehead atoms. The molecular weight excluding hydrogens is 344 g/mol. The topological polar surface area (TPSA) is 54.0 Å². The van der Waals surface area contributed by atoms with E-state index in [0.29, 0.717) is 0 Å². The van der Waals surface area contributed by atoms with E-state index in [0.717, 1.165) is 24.4 Å². The zero-order valence-corrected chi connectivity index (χ0v) is 12.7. The molecule has 0 saturated carbocycles. The van der Waals surface area contributed by atoms with Crippen molar-refractivity contribution < 1.29 is 13.6 Å². The van der Waals surface area contributed by atoms with Crippen molar-refractivity contribution in [2.45, 2.75) is 6.92 Å². The minimum Gasteiger partial charge on any atom is -0.384 e. The van der Waals surface area contributed by atoms with E-state index in [1.54, 1.807) is 6.07 Å². The van der Waals surface area contributed by atoms with Gasteiger partial charge in [-0.1, -0.05) is 0 Å². The van der Waals surface area contributed by atoms with Crippen LogP contribution in [0.2, 0.25) is 0 Å². The standard InChI is InChI=1S/C14H12BrF2N3O/c1-2-18-8-3-4-12(19-7-8)14(21)20-13-6-10(16)9(15)5-11(13)17/h3-7,18H,2H2,1H3,(H,20,21). The number of aromatic nitrogens is 1. The molecule has 0 radical (unpaired) electrons. The Morgan fingerprint density at radius 2 is 2.05 bits per heavy atom. The van der Waals surface area contributed by atoms with Crippen LogP contribution in [0.5, 0.6) is 0 Å². The highest BCUT2D eigenvalue weighted by atomic mass is 79.9. The molecule has 0 aliphatic rings. The number of hydrogen-bond acceptors (Lipinski definition) is 3. The van der Waals surface area contributed by atoms with Crippen LogP contribution < -0.4 is 10.6 Å². The van der Waals surface area contributed by atoms with Gasteiger partial charge in [-0.25, -0.2) is 13.8 Å². The molecule has 1 aromatic carbocycles. The minimum atomic E-state index is -0.735. The maximum Gasteiger partial charge on any atom is 0.274 e. The summed E-state index contributed by atoms with van der Waals surface area (Å²) in [7, 11) is 0. The van der Waals surface area contributed by atoms with Crippen LogP contribution in [-0.2, 0) is 0 Å². The van der Waals surface area contributed by atoms with Gasteiger partial charge in [-0.05, 0) is 41.1 Å². The first-order valence-electron chi connectivity index (χ1n) is 6.17. The number of amides is 1. The summed E-state index contributed by atoms with van der Waals surface area (Å²) in [5.74, 6) is -2.01. The Bertz CT molecular complexity index is 662. The molecule has 110 valence electrons. The molecular formula is C14H12BrF2N3O. The minimum absolute atomic E-state index is 0.00823. The summed E-state index contributed by atoms with van der Waals surface area (Å²) in [6.07, 6.45) is 1.50. The van der Waals surface area contributed by atoms with Crippen molar-refractivity contribution in [3.8, 4) is 0 Å². The fraction of sp³-hybridized carbons (Fsp3) is 0.143. The van der Waals surface area contributed by atoms with Gasteiger partial charge in [0.05, 0.1) is 22.0 Å². The van der Waals surface area contributed by atoms with Crippen LogP contribution in [0.15, 0.2) is 34.9 Å². The maximum atomic E-state index is 13.6. The molecule has 1 heterocycles. The summed E-state index contributed by atoms with van der Waals surface area (Å²) in [5.41, 5.74) is 0.646. The molecule has 7 heteroatoms. The predicted molar refractivity (Wildman–Crippen MR) is 80.4 cm³/mol. The van der Waals surface area contributed by atoms with E-state index in [4.69, 9.17) is 0 Å². The van der Waals surface area contributed by atoms with Crippen molar-refractivity contribution >= 4 is 33.2 Å². The average molecular weight is 356 g/mol. The van der Waals surface area contributed by atoms with Crippen molar-refractivity contribution in [3.63, 3.8) is 0 Å². The van der Waals surface area contributed by atoms with Crippen LogP contribution in [0, 0.1) is 11.6 Å². The number of carbonyl (C=O) groups excluding carboxylic acids is 1. The second-order valence-electron chi connectivity index (χ2n) is 4.16. The molecule has 0 aliphatic carbocycles. The van der Waals surface area contributed by atoms with Gasteiger partial charge in [0.1, 0.15) is 17.3 Å². The Hall–Kier alpha value is -2.02. The second kappa shape index (κ2) is 6.62. The number of rotatable bonds is 4. The van der Waals surface area contributed by atoms with E-state index in [-0.39, 0.29) is 15.9 Å². The third kappa shape index (κ3) is 3.75. The van der Waals surface area contributed by atoms with Gasteiger partial charge in [-0.15, -0.1) is 0 Å². The number of anilines is 2. The monoisotopic (exact) mass is 355 g/mol. The maximum absolute atomic E-state index is 13.6. The summed E-state index contributed by atoms with van der Waals surface area (Å²) < 4.78 is 27.0. The van der Waals surface area contributed by atoms with Crippen LogP contribution >= 0.6 is 15.9 Å². The van der Waals surface area contributed by atoms with Gasteiger partial charge in [0.25, 0.3) is 5.91 Å². The third-order valence-electron chi connectivity index (χ3n) is 2.64. The molecule has 0 aliphatic heterocycles. The van der Waals surface area contributed by atoms with Gasteiger partial charge in [-0.3, -0.25) is 4.79 Å². The number of nitrogens with zero attached hydrogens (tertiary/aromatic N) is 1. The molecule has 2 N–H and O–H groups in total. The molecule has 1 amide bonds. The average Bonchev–Trinajstić information content (AvgIpc) is 2.46. The first-order valence-corrected chi connectivity index (χ1v) is 6.96. The molecule has 0 spiro atoms. The van der Waals surface area contributed by atoms with E-state index < -0.39 is 17.5 Å². The largest absolute Gasteiger partial charge is 0.384 e. The van der Waals surface area contributed by atoms with Crippen molar-refractivity contribution in [1.82, 2.24) is 4.98 Å². The van der Waals surface area contributed by atoms with Crippen LogP contribution in [-0.4, -0.2) is 17.4 Å². The number of pyridine rings is 1. The van der Waals surface area contributed by atoms with Crippen LogP contribution in [0.25, 0.3) is 0 Å². The van der Waals surface area contributed by atoms with Gasteiger partial charge in [0.2, 0.25) is 0 Å². The van der Waals surface area contributed by atoms with Crippen LogP contribution in [0.1, 0.15) is 17.4 Å². The van der Waals surface area contributed by atoms with Gasteiger partial charge in [0.15, 0.2) is 0 Å². The van der Waals surface area contributed by atoms with E-state index in [1.165, 1.54) is 12.3 Å². The van der Waals surface area contributed by atoms with E-state index in [2.05, 4.69) is 31.5 Å². The number of benzene rings is 1. The summed E-state index contributed by atoms with van der Waals surface area (Å²) in [5, 5.41) is 5.33. The molecule has 0 atom stereocenters. The first-order chi connectivity index (χ1) is 10.0. The normalized spacial score (nSPS) is 10.3. The Morgan fingerprint density at radius 1 is 1.29 bits per heavy atom. The number of halogens is 3. The SMILES string of the molecule is CCNc1ccc(C(=O)Nc2cc(F)c(Br)cc2F)nc1. The van der Waals surface area contributed by atoms with Crippen LogP contribution in [0.4, 0.5) is 20.2 Å². The van der Waals surface area contributed by atoms with E-state index in [9.17, 15) is 13.6 Å². The molecule has 2 aromatic rings. The molecule has 2 rings (SSSR count). The lowest BCUT2D eigenvalue weighted by Gasteiger charge is -2.08. The summed E-state index contributed by atoms with van der Waals surface area (Å²) in [6, 6.07) is 5.04. The van der Waals surface area contributed by atoms with Gasteiger partial charge in [-0.2, -0.15) is 0 Å². The highest BCUT2D eigenvalue weighted by molar-refractivity contribution is 9.10. The predicted octanol–water partition coefficient (Wildman–Crippen LogP) is 3.81. The van der Waals surface area contributed by atoms with E-state index in [1.807, 2.05) is 6.92 Å². The van der Waals surface area contributed by atoms with E-state index >= 15 is 0 Å². The highest BCUT2D eigenvalue weighted by Crippen LogP contribution is 2.23. The Balaban J connectivity index is 2.16. The molecule has 0 fully saturated rings. The fourth-order valence-electron chi connectivity index (χ4n) is 1.64. The van der Waals surface area contributed by atoms with Crippen molar-refractivity contribution in [2.24, 2.45) is 0 Å². The quantitative estimate of drug-likeness (QED) is 0.820. The second-order valence-corrected chi connectivity index (χ2v) is 5.02. The summed E-state index contributed by atoms with van der Waals surface area (Å²) >= 11 is 2.87. The lowest BCUT2D eigenvalue weighted by Crippen LogP contribution is -2.15. The molecule has 4 nitrogen and oxygen atoms in total. The summed E-state index contributed by atoms with van der Waals surface area (Å²) in [6.45, 7) is 2.67. The van der Waals surface area contributed by atoms with Crippen molar-refractivity contribution in [1.29, 1.82) is 0 Å². The smallest absolute Gasteiger partial charge is 0.274 e. The number of nitrogens with one attached hydrogen (secondary N) is 2. The lowest BCUT2D eigenvalue weighted by molar-refractivity contribution is 0.102. The summed E-state index contributed by atoms with van der Waals surface area (Å²) in [4.78, 5) is 15.9. The highest BCUT2D eigenvalue weighted by Gasteiger charge is 2.13. The molecule has 0 saturated heterocycles. The van der Waals surface area contributed by atoms with Gasteiger partial charge in [0, 0.05) is 12.6 Å². The Labute approximate surface area is 128 Å². The number of hydrogen-bond donors (Lipinski definition) is 2. The molecule has 1 aromatic heterocycles. The van der Waals surface area contributed by atoms with Crippen molar-refractivity contribution in [2.75, 3.05) is 17.2 Å². The fourth-order valence-corrected chi connectivity index (χ4v) is 1.96. The van der Waals surface area contributed by atoms with Gasteiger partial charge >= 0.3 is 0 Å². The third-order valence-corrected chi connectivity index (χ3v) is 3.24. The Kier molecular flexibility index (Phi) is 4.85. The lowest BCUT2D eigenvalue weighted by atomic mass is 10.2. The molecule has 21 heavy (non-hydrogen) atoms. The van der Waals surface area contributed by atoms with Crippen molar-refractivity contribution in [3.05, 3.63) is 52.3 Å². The van der Waals surface area contributed by atoms with Crippen LogP contribution in [0.3, 0.4) is 0 Å². The first kappa shape index (κ1) is 15.4.